The summed E-state index contributed by atoms with van der Waals surface area (Å²) in [5.41, 5.74) is -0.00323. The molecule has 0 unspecified atom stereocenters. The first-order chi connectivity index (χ1) is 9.61. The van der Waals surface area contributed by atoms with E-state index in [1.165, 1.54) is 18.9 Å². The van der Waals surface area contributed by atoms with Gasteiger partial charge in [0, 0.05) is 18.2 Å². The van der Waals surface area contributed by atoms with E-state index in [-0.39, 0.29) is 0 Å². The van der Waals surface area contributed by atoms with E-state index < -0.39 is 16.4 Å². The molecule has 110 valence electrons. The third kappa shape index (κ3) is 3.54. The van der Waals surface area contributed by atoms with Gasteiger partial charge in [0.15, 0.2) is 0 Å². The molecule has 1 aliphatic heterocycles. The third-order valence-corrected chi connectivity index (χ3v) is 4.05. The Hall–Kier alpha value is -1.49. The lowest BCUT2D eigenvalue weighted by molar-refractivity contribution is -0.387. The summed E-state index contributed by atoms with van der Waals surface area (Å²) in [5.74, 6) is 0.0967. The van der Waals surface area contributed by atoms with E-state index in [0.717, 1.165) is 31.8 Å². The van der Waals surface area contributed by atoms with Crippen molar-refractivity contribution in [3.8, 4) is 0 Å². The smallest absolute Gasteiger partial charge is 0.299 e. The molecule has 0 aromatic heterocycles. The zero-order valence-corrected chi connectivity index (χ0v) is 11.8. The summed E-state index contributed by atoms with van der Waals surface area (Å²) in [6.45, 7) is 4.57. The van der Waals surface area contributed by atoms with Crippen LogP contribution in [0.3, 0.4) is 0 Å². The number of hydrogen-bond acceptors (Lipinski definition) is 3. The molecular weight excluding hydrogens is 259 g/mol. The van der Waals surface area contributed by atoms with Gasteiger partial charge in [-0.1, -0.05) is 31.9 Å². The summed E-state index contributed by atoms with van der Waals surface area (Å²) in [4.78, 5) is 12.3. The van der Waals surface area contributed by atoms with Crippen molar-refractivity contribution in [1.82, 2.24) is 4.90 Å². The Kier molecular flexibility index (Phi) is 5.06. The van der Waals surface area contributed by atoms with Crippen LogP contribution in [-0.2, 0) is 6.54 Å². The fraction of sp³-hybridized carbons (Fsp3) is 0.600. The lowest BCUT2D eigenvalue weighted by atomic mass is 9.92. The Bertz CT molecular complexity index is 471. The van der Waals surface area contributed by atoms with E-state index in [9.17, 15) is 14.5 Å². The number of benzene rings is 1. The summed E-state index contributed by atoms with van der Waals surface area (Å²) >= 11 is 0. The molecule has 1 heterocycles. The topological polar surface area (TPSA) is 46.4 Å². The van der Waals surface area contributed by atoms with Crippen molar-refractivity contribution in [1.29, 1.82) is 0 Å². The van der Waals surface area contributed by atoms with Crippen LogP contribution in [0.5, 0.6) is 0 Å². The minimum absolute atomic E-state index is 0.424. The first-order valence-corrected chi connectivity index (χ1v) is 7.26. The van der Waals surface area contributed by atoms with Crippen LogP contribution in [0.2, 0.25) is 0 Å². The van der Waals surface area contributed by atoms with Gasteiger partial charge >= 0.3 is 5.69 Å². The summed E-state index contributed by atoms with van der Waals surface area (Å²) in [6, 6.07) is 4.41. The number of rotatable bonds is 5. The predicted molar refractivity (Wildman–Crippen MR) is 76.0 cm³/mol. The van der Waals surface area contributed by atoms with E-state index in [4.69, 9.17) is 0 Å². The monoisotopic (exact) mass is 280 g/mol. The van der Waals surface area contributed by atoms with Gasteiger partial charge in [-0.25, -0.2) is 0 Å². The number of piperidine rings is 1. The number of nitrogens with zero attached hydrogens (tertiary/aromatic N) is 2. The molecule has 1 aromatic rings. The highest BCUT2D eigenvalue weighted by Gasteiger charge is 2.22. The normalized spacial score (nSPS) is 17.3. The van der Waals surface area contributed by atoms with Gasteiger partial charge in [0.05, 0.1) is 4.92 Å². The van der Waals surface area contributed by atoms with Crippen molar-refractivity contribution in [2.45, 2.75) is 39.2 Å². The van der Waals surface area contributed by atoms with Gasteiger partial charge in [0.2, 0.25) is 5.82 Å². The number of likely N-dealkylation sites (tertiary alicyclic amines) is 1. The van der Waals surface area contributed by atoms with E-state index in [1.807, 2.05) is 0 Å². The molecule has 20 heavy (non-hydrogen) atoms. The largest absolute Gasteiger partial charge is 0.305 e. The Labute approximate surface area is 118 Å². The molecule has 1 saturated heterocycles. The van der Waals surface area contributed by atoms with Crippen molar-refractivity contribution < 1.29 is 9.31 Å². The third-order valence-electron chi connectivity index (χ3n) is 4.05. The standard InChI is InChI=1S/C15H21FN2O2/c1-2-4-12-7-9-17(10-8-12)11-13-5-3-6-14(15(13)16)18(19)20/h3,5-6,12H,2,4,7-11H2,1H3. The molecule has 1 aliphatic rings. The molecule has 0 N–H and O–H groups in total. The number of nitro groups is 1. The highest BCUT2D eigenvalue weighted by atomic mass is 19.1. The first kappa shape index (κ1) is 14.9. The molecule has 5 heteroatoms. The molecule has 1 aromatic carbocycles. The quantitative estimate of drug-likeness (QED) is 0.609. The molecule has 0 radical (unpaired) electrons. The maximum Gasteiger partial charge on any atom is 0.305 e. The molecule has 2 rings (SSSR count). The molecule has 0 aliphatic carbocycles. The van der Waals surface area contributed by atoms with E-state index >= 15 is 0 Å². The van der Waals surface area contributed by atoms with Crippen LogP contribution in [0.1, 0.15) is 38.2 Å². The van der Waals surface area contributed by atoms with Gasteiger partial charge in [0.25, 0.3) is 0 Å². The molecule has 0 saturated carbocycles. The zero-order chi connectivity index (χ0) is 14.5. The minimum atomic E-state index is -0.687. The van der Waals surface area contributed by atoms with Gasteiger partial charge in [-0.05, 0) is 31.8 Å². The van der Waals surface area contributed by atoms with Crippen LogP contribution < -0.4 is 0 Å². The van der Waals surface area contributed by atoms with Gasteiger partial charge in [-0.3, -0.25) is 15.0 Å². The SMILES string of the molecule is CCCC1CCN(Cc2cccc([N+](=O)[O-])c2F)CC1. The van der Waals surface area contributed by atoms with Gasteiger partial charge < -0.3 is 0 Å². The maximum atomic E-state index is 14.0. The molecule has 0 atom stereocenters. The average molecular weight is 280 g/mol. The zero-order valence-electron chi connectivity index (χ0n) is 11.8. The van der Waals surface area contributed by atoms with Crippen molar-refractivity contribution in [2.24, 2.45) is 5.92 Å². The molecule has 4 nitrogen and oxygen atoms in total. The molecule has 0 spiro atoms. The highest BCUT2D eigenvalue weighted by Crippen LogP contribution is 2.25. The lowest BCUT2D eigenvalue weighted by Gasteiger charge is -2.31. The van der Waals surface area contributed by atoms with Gasteiger partial charge in [0.1, 0.15) is 0 Å². The van der Waals surface area contributed by atoms with E-state index in [2.05, 4.69) is 11.8 Å². The Morgan fingerprint density at radius 3 is 2.70 bits per heavy atom. The second-order valence-corrected chi connectivity index (χ2v) is 5.52. The molecule has 1 fully saturated rings. The number of hydrogen-bond donors (Lipinski definition) is 0. The average Bonchev–Trinajstić information content (AvgIpc) is 2.43. The van der Waals surface area contributed by atoms with Crippen molar-refractivity contribution in [3.05, 3.63) is 39.7 Å². The predicted octanol–water partition coefficient (Wildman–Crippen LogP) is 3.75. The number of nitro benzene ring substituents is 1. The lowest BCUT2D eigenvalue weighted by Crippen LogP contribution is -2.33. The van der Waals surface area contributed by atoms with Crippen LogP contribution in [0.15, 0.2) is 18.2 Å². The maximum absolute atomic E-state index is 14.0. The van der Waals surface area contributed by atoms with Crippen molar-refractivity contribution in [3.63, 3.8) is 0 Å². The summed E-state index contributed by atoms with van der Waals surface area (Å²) in [5, 5.41) is 10.7. The van der Waals surface area contributed by atoms with Crippen LogP contribution in [-0.4, -0.2) is 22.9 Å². The second kappa shape index (κ2) is 6.79. The molecular formula is C15H21FN2O2. The van der Waals surface area contributed by atoms with E-state index in [0.29, 0.717) is 12.1 Å². The summed E-state index contributed by atoms with van der Waals surface area (Å²) < 4.78 is 14.0. The van der Waals surface area contributed by atoms with Gasteiger partial charge in [-0.15, -0.1) is 0 Å². The van der Waals surface area contributed by atoms with Crippen molar-refractivity contribution in [2.75, 3.05) is 13.1 Å². The van der Waals surface area contributed by atoms with Crippen LogP contribution >= 0.6 is 0 Å². The van der Waals surface area contributed by atoms with E-state index in [1.54, 1.807) is 12.1 Å². The Morgan fingerprint density at radius 1 is 1.40 bits per heavy atom. The fourth-order valence-corrected chi connectivity index (χ4v) is 2.91. The van der Waals surface area contributed by atoms with Crippen LogP contribution in [0.25, 0.3) is 0 Å². The van der Waals surface area contributed by atoms with Crippen molar-refractivity contribution >= 4 is 5.69 Å². The van der Waals surface area contributed by atoms with Crippen LogP contribution in [0, 0.1) is 21.8 Å². The number of halogens is 1. The fourth-order valence-electron chi connectivity index (χ4n) is 2.91. The minimum Gasteiger partial charge on any atom is -0.299 e. The second-order valence-electron chi connectivity index (χ2n) is 5.52. The highest BCUT2D eigenvalue weighted by molar-refractivity contribution is 5.36. The summed E-state index contributed by atoms with van der Waals surface area (Å²) in [7, 11) is 0. The van der Waals surface area contributed by atoms with Gasteiger partial charge in [-0.2, -0.15) is 4.39 Å². The first-order valence-electron chi connectivity index (χ1n) is 7.26. The Balaban J connectivity index is 1.98. The Morgan fingerprint density at radius 2 is 2.10 bits per heavy atom. The van der Waals surface area contributed by atoms with Crippen LogP contribution in [0.4, 0.5) is 10.1 Å². The summed E-state index contributed by atoms with van der Waals surface area (Å²) in [6.07, 6.45) is 4.76. The molecule has 0 bridgehead atoms. The molecule has 0 amide bonds.